The van der Waals surface area contributed by atoms with Crippen LogP contribution in [-0.2, 0) is 9.53 Å². The standard InChI is InChI=1S/C10H17NO2/c1-8(6-9(2)12)11-7-10-4-3-5-13-10/h6,10-11H,3-5,7H2,1-2H3/t10-/m1/s1. The number of rotatable bonds is 4. The number of carbonyl (C=O) groups is 1. The van der Waals surface area contributed by atoms with Gasteiger partial charge in [0.2, 0.25) is 0 Å². The molecule has 0 spiro atoms. The van der Waals surface area contributed by atoms with Gasteiger partial charge in [0.15, 0.2) is 5.78 Å². The number of hydrogen-bond acceptors (Lipinski definition) is 3. The quantitative estimate of drug-likeness (QED) is 0.666. The maximum absolute atomic E-state index is 10.7. The van der Waals surface area contributed by atoms with E-state index in [2.05, 4.69) is 5.32 Å². The Hall–Kier alpha value is -0.830. The molecule has 3 nitrogen and oxygen atoms in total. The lowest BCUT2D eigenvalue weighted by atomic mass is 10.2. The third kappa shape index (κ3) is 4.08. The molecule has 1 saturated heterocycles. The highest BCUT2D eigenvalue weighted by Gasteiger charge is 2.14. The fourth-order valence-corrected chi connectivity index (χ4v) is 1.44. The summed E-state index contributed by atoms with van der Waals surface area (Å²) in [6, 6.07) is 0. The average molecular weight is 183 g/mol. The van der Waals surface area contributed by atoms with Gasteiger partial charge in [-0.15, -0.1) is 0 Å². The minimum Gasteiger partial charge on any atom is -0.386 e. The first-order valence-corrected chi connectivity index (χ1v) is 4.73. The predicted octanol–water partition coefficient (Wildman–Crippen LogP) is 1.25. The van der Waals surface area contributed by atoms with E-state index in [0.717, 1.165) is 31.7 Å². The number of ether oxygens (including phenoxy) is 1. The third-order valence-corrected chi connectivity index (χ3v) is 2.05. The molecule has 1 rings (SSSR count). The summed E-state index contributed by atoms with van der Waals surface area (Å²) in [6.45, 7) is 5.14. The summed E-state index contributed by atoms with van der Waals surface area (Å²) in [4.78, 5) is 10.7. The second-order valence-electron chi connectivity index (χ2n) is 3.45. The molecule has 0 aromatic heterocycles. The molecule has 1 heterocycles. The molecule has 1 atom stereocenters. The lowest BCUT2D eigenvalue weighted by Crippen LogP contribution is -2.25. The van der Waals surface area contributed by atoms with Crippen LogP contribution in [-0.4, -0.2) is 25.0 Å². The zero-order valence-electron chi connectivity index (χ0n) is 8.30. The second-order valence-corrected chi connectivity index (χ2v) is 3.45. The van der Waals surface area contributed by atoms with Crippen LogP contribution in [0.15, 0.2) is 11.8 Å². The van der Waals surface area contributed by atoms with Gasteiger partial charge < -0.3 is 10.1 Å². The summed E-state index contributed by atoms with van der Waals surface area (Å²) in [5.41, 5.74) is 0.919. The van der Waals surface area contributed by atoms with Crippen LogP contribution in [0.4, 0.5) is 0 Å². The van der Waals surface area contributed by atoms with Crippen molar-refractivity contribution >= 4 is 5.78 Å². The number of ketones is 1. The molecule has 0 aromatic rings. The Morgan fingerprint density at radius 1 is 1.62 bits per heavy atom. The van der Waals surface area contributed by atoms with Gasteiger partial charge in [-0.05, 0) is 32.8 Å². The summed E-state index contributed by atoms with van der Waals surface area (Å²) in [5.74, 6) is 0.0809. The minimum absolute atomic E-state index is 0.0809. The van der Waals surface area contributed by atoms with E-state index in [4.69, 9.17) is 4.74 Å². The molecule has 1 aliphatic heterocycles. The Kier molecular flexibility index (Phi) is 3.96. The molecule has 0 unspecified atom stereocenters. The lowest BCUT2D eigenvalue weighted by molar-refractivity contribution is -0.112. The van der Waals surface area contributed by atoms with Gasteiger partial charge in [0.05, 0.1) is 6.10 Å². The van der Waals surface area contributed by atoms with Crippen molar-refractivity contribution in [1.29, 1.82) is 0 Å². The van der Waals surface area contributed by atoms with Crippen LogP contribution in [0, 0.1) is 0 Å². The van der Waals surface area contributed by atoms with Gasteiger partial charge in [-0.1, -0.05) is 0 Å². The predicted molar refractivity (Wildman–Crippen MR) is 51.4 cm³/mol. The average Bonchev–Trinajstić information content (AvgIpc) is 2.51. The first-order chi connectivity index (χ1) is 6.18. The SMILES string of the molecule is CC(=O)C=C(C)NC[C@H]1CCCO1. The number of carbonyl (C=O) groups excluding carboxylic acids is 1. The largest absolute Gasteiger partial charge is 0.386 e. The topological polar surface area (TPSA) is 38.3 Å². The third-order valence-electron chi connectivity index (χ3n) is 2.05. The van der Waals surface area contributed by atoms with E-state index >= 15 is 0 Å². The van der Waals surface area contributed by atoms with E-state index in [-0.39, 0.29) is 5.78 Å². The van der Waals surface area contributed by atoms with Crippen LogP contribution >= 0.6 is 0 Å². The molecule has 0 bridgehead atoms. The van der Waals surface area contributed by atoms with Gasteiger partial charge >= 0.3 is 0 Å². The van der Waals surface area contributed by atoms with E-state index in [1.165, 1.54) is 0 Å². The Labute approximate surface area is 79.2 Å². The Balaban J connectivity index is 2.21. The Morgan fingerprint density at radius 2 is 2.38 bits per heavy atom. The van der Waals surface area contributed by atoms with Crippen molar-refractivity contribution in [2.45, 2.75) is 32.8 Å². The van der Waals surface area contributed by atoms with Crippen molar-refractivity contribution in [1.82, 2.24) is 5.32 Å². The van der Waals surface area contributed by atoms with Crippen molar-refractivity contribution < 1.29 is 9.53 Å². The van der Waals surface area contributed by atoms with Crippen LogP contribution in [0.2, 0.25) is 0 Å². The van der Waals surface area contributed by atoms with Gasteiger partial charge in [0.1, 0.15) is 0 Å². The van der Waals surface area contributed by atoms with E-state index < -0.39 is 0 Å². The summed E-state index contributed by atoms with van der Waals surface area (Å²) in [6.07, 6.45) is 4.22. The normalized spacial score (nSPS) is 23.2. The van der Waals surface area contributed by atoms with Crippen LogP contribution in [0.3, 0.4) is 0 Å². The molecule has 1 aliphatic rings. The maximum Gasteiger partial charge on any atom is 0.154 e. The van der Waals surface area contributed by atoms with Crippen LogP contribution < -0.4 is 5.32 Å². The molecular formula is C10H17NO2. The Morgan fingerprint density at radius 3 is 2.92 bits per heavy atom. The molecule has 0 radical (unpaired) electrons. The van der Waals surface area contributed by atoms with Crippen molar-refractivity contribution in [3.63, 3.8) is 0 Å². The van der Waals surface area contributed by atoms with Gasteiger partial charge in [-0.3, -0.25) is 4.79 Å². The number of nitrogens with one attached hydrogen (secondary N) is 1. The van der Waals surface area contributed by atoms with Crippen molar-refractivity contribution in [2.24, 2.45) is 0 Å². The zero-order chi connectivity index (χ0) is 9.68. The van der Waals surface area contributed by atoms with E-state index in [1.807, 2.05) is 6.92 Å². The van der Waals surface area contributed by atoms with Crippen molar-refractivity contribution in [3.05, 3.63) is 11.8 Å². The van der Waals surface area contributed by atoms with E-state index in [1.54, 1.807) is 13.0 Å². The van der Waals surface area contributed by atoms with Crippen molar-refractivity contribution in [2.75, 3.05) is 13.2 Å². The molecule has 0 saturated carbocycles. The molecule has 13 heavy (non-hydrogen) atoms. The molecular weight excluding hydrogens is 166 g/mol. The highest BCUT2D eigenvalue weighted by Crippen LogP contribution is 2.10. The molecule has 3 heteroatoms. The van der Waals surface area contributed by atoms with Crippen LogP contribution in [0.1, 0.15) is 26.7 Å². The summed E-state index contributed by atoms with van der Waals surface area (Å²) >= 11 is 0. The van der Waals surface area contributed by atoms with Crippen molar-refractivity contribution in [3.8, 4) is 0 Å². The number of allylic oxidation sites excluding steroid dienone is 2. The minimum atomic E-state index is 0.0809. The molecule has 74 valence electrons. The highest BCUT2D eigenvalue weighted by molar-refractivity contribution is 5.87. The lowest BCUT2D eigenvalue weighted by Gasteiger charge is -2.11. The highest BCUT2D eigenvalue weighted by atomic mass is 16.5. The second kappa shape index (κ2) is 5.02. The van der Waals surface area contributed by atoms with Crippen LogP contribution in [0.5, 0.6) is 0 Å². The van der Waals surface area contributed by atoms with Gasteiger partial charge in [-0.25, -0.2) is 0 Å². The maximum atomic E-state index is 10.7. The zero-order valence-corrected chi connectivity index (χ0v) is 8.30. The monoisotopic (exact) mass is 183 g/mol. The molecule has 1 fully saturated rings. The Bertz CT molecular complexity index is 205. The number of hydrogen-bond donors (Lipinski definition) is 1. The summed E-state index contributed by atoms with van der Waals surface area (Å²) < 4.78 is 5.43. The first kappa shape index (κ1) is 10.3. The van der Waals surface area contributed by atoms with Gasteiger partial charge in [0, 0.05) is 18.8 Å². The first-order valence-electron chi connectivity index (χ1n) is 4.73. The molecule has 1 N–H and O–H groups in total. The van der Waals surface area contributed by atoms with Gasteiger partial charge in [0.25, 0.3) is 0 Å². The van der Waals surface area contributed by atoms with E-state index in [9.17, 15) is 4.79 Å². The fraction of sp³-hybridized carbons (Fsp3) is 0.700. The fourth-order valence-electron chi connectivity index (χ4n) is 1.44. The summed E-state index contributed by atoms with van der Waals surface area (Å²) in [7, 11) is 0. The smallest absolute Gasteiger partial charge is 0.154 e. The van der Waals surface area contributed by atoms with Crippen LogP contribution in [0.25, 0.3) is 0 Å². The molecule has 0 aromatic carbocycles. The van der Waals surface area contributed by atoms with Gasteiger partial charge in [-0.2, -0.15) is 0 Å². The molecule has 0 amide bonds. The molecule has 0 aliphatic carbocycles. The van der Waals surface area contributed by atoms with E-state index in [0.29, 0.717) is 6.10 Å². The summed E-state index contributed by atoms with van der Waals surface area (Å²) in [5, 5.41) is 3.17.